The van der Waals surface area contributed by atoms with Crippen LogP contribution in [0.25, 0.3) is 11.1 Å². The molecule has 0 saturated carbocycles. The molecule has 0 saturated heterocycles. The van der Waals surface area contributed by atoms with E-state index < -0.39 is 5.91 Å². The van der Waals surface area contributed by atoms with Crippen LogP contribution in [0.4, 0.5) is 0 Å². The first kappa shape index (κ1) is 12.6. The normalized spacial score (nSPS) is 10.1. The van der Waals surface area contributed by atoms with Crippen molar-refractivity contribution in [2.45, 2.75) is 0 Å². The van der Waals surface area contributed by atoms with Crippen molar-refractivity contribution in [2.24, 2.45) is 5.73 Å². The Labute approximate surface area is 114 Å². The molecule has 2 aromatic carbocycles. The quantitative estimate of drug-likeness (QED) is 0.946. The fraction of sp³-hybridized carbons (Fsp3) is 0.0714. The summed E-state index contributed by atoms with van der Waals surface area (Å²) >= 11 is 3.38. The average molecular weight is 306 g/mol. The smallest absolute Gasteiger partial charge is 0.248 e. The fourth-order valence-corrected chi connectivity index (χ4v) is 2.19. The largest absolute Gasteiger partial charge is 0.497 e. The topological polar surface area (TPSA) is 52.3 Å². The zero-order valence-electron chi connectivity index (χ0n) is 9.81. The molecule has 0 aliphatic carbocycles. The summed E-state index contributed by atoms with van der Waals surface area (Å²) in [6.07, 6.45) is 0. The van der Waals surface area contributed by atoms with Crippen LogP contribution in [0.3, 0.4) is 0 Å². The summed E-state index contributed by atoms with van der Waals surface area (Å²) in [5, 5.41) is 0. The van der Waals surface area contributed by atoms with Gasteiger partial charge in [0.05, 0.1) is 7.11 Å². The van der Waals surface area contributed by atoms with Gasteiger partial charge in [0.25, 0.3) is 0 Å². The van der Waals surface area contributed by atoms with E-state index in [1.165, 1.54) is 0 Å². The van der Waals surface area contributed by atoms with Gasteiger partial charge in [0, 0.05) is 10.0 Å². The van der Waals surface area contributed by atoms with Gasteiger partial charge in [0.15, 0.2) is 0 Å². The van der Waals surface area contributed by atoms with E-state index in [0.717, 1.165) is 21.3 Å². The molecule has 2 aromatic rings. The van der Waals surface area contributed by atoms with E-state index in [1.807, 2.05) is 30.3 Å². The number of primary amides is 1. The lowest BCUT2D eigenvalue weighted by molar-refractivity contribution is 0.100. The van der Waals surface area contributed by atoms with Gasteiger partial charge in [0.1, 0.15) is 5.75 Å². The fourth-order valence-electron chi connectivity index (χ4n) is 1.70. The Morgan fingerprint density at radius 1 is 1.17 bits per heavy atom. The summed E-state index contributed by atoms with van der Waals surface area (Å²) in [7, 11) is 1.62. The van der Waals surface area contributed by atoms with Crippen molar-refractivity contribution in [3.8, 4) is 16.9 Å². The lowest BCUT2D eigenvalue weighted by atomic mass is 10.0. The lowest BCUT2D eigenvalue weighted by Crippen LogP contribution is -2.10. The maximum atomic E-state index is 11.2. The van der Waals surface area contributed by atoms with E-state index in [4.69, 9.17) is 10.5 Å². The minimum atomic E-state index is -0.444. The van der Waals surface area contributed by atoms with Gasteiger partial charge in [-0.15, -0.1) is 0 Å². The van der Waals surface area contributed by atoms with Crippen LogP contribution in [0.2, 0.25) is 0 Å². The average Bonchev–Trinajstić information content (AvgIpc) is 2.38. The molecular formula is C14H12BrNO2. The predicted octanol–water partition coefficient (Wildman–Crippen LogP) is 3.22. The highest BCUT2D eigenvalue weighted by Gasteiger charge is 2.06. The van der Waals surface area contributed by atoms with Gasteiger partial charge in [-0.2, -0.15) is 0 Å². The SMILES string of the molecule is COc1cccc(-c2cc(Br)cc(C(N)=O)c2)c1. The first-order valence-corrected chi connectivity index (χ1v) is 6.14. The molecule has 2 rings (SSSR count). The molecule has 92 valence electrons. The van der Waals surface area contributed by atoms with Crippen LogP contribution in [0.5, 0.6) is 5.75 Å². The van der Waals surface area contributed by atoms with Crippen LogP contribution >= 0.6 is 15.9 Å². The highest BCUT2D eigenvalue weighted by molar-refractivity contribution is 9.10. The first-order chi connectivity index (χ1) is 8.60. The second kappa shape index (κ2) is 5.23. The predicted molar refractivity (Wildman–Crippen MR) is 74.6 cm³/mol. The molecule has 2 N–H and O–H groups in total. The van der Waals surface area contributed by atoms with Crippen LogP contribution in [0.15, 0.2) is 46.9 Å². The number of halogens is 1. The Hall–Kier alpha value is -1.81. The Morgan fingerprint density at radius 2 is 1.94 bits per heavy atom. The van der Waals surface area contributed by atoms with Crippen molar-refractivity contribution in [1.29, 1.82) is 0 Å². The van der Waals surface area contributed by atoms with Gasteiger partial charge >= 0.3 is 0 Å². The number of carbonyl (C=O) groups is 1. The van der Waals surface area contributed by atoms with E-state index in [1.54, 1.807) is 19.2 Å². The number of hydrogen-bond acceptors (Lipinski definition) is 2. The number of methoxy groups -OCH3 is 1. The number of nitrogens with two attached hydrogens (primary N) is 1. The molecule has 3 nitrogen and oxygen atoms in total. The van der Waals surface area contributed by atoms with E-state index in [9.17, 15) is 4.79 Å². The number of ether oxygens (including phenoxy) is 1. The minimum absolute atomic E-state index is 0.444. The molecule has 0 radical (unpaired) electrons. The summed E-state index contributed by atoms with van der Waals surface area (Å²) < 4.78 is 6.00. The molecule has 0 aromatic heterocycles. The maximum Gasteiger partial charge on any atom is 0.248 e. The number of hydrogen-bond donors (Lipinski definition) is 1. The van der Waals surface area contributed by atoms with Crippen LogP contribution in [0.1, 0.15) is 10.4 Å². The molecular weight excluding hydrogens is 294 g/mol. The molecule has 0 unspecified atom stereocenters. The second-order valence-electron chi connectivity index (χ2n) is 3.82. The summed E-state index contributed by atoms with van der Waals surface area (Å²) in [4.78, 5) is 11.2. The maximum absolute atomic E-state index is 11.2. The van der Waals surface area contributed by atoms with Gasteiger partial charge in [0.2, 0.25) is 5.91 Å². The molecule has 0 atom stereocenters. The highest BCUT2D eigenvalue weighted by Crippen LogP contribution is 2.27. The minimum Gasteiger partial charge on any atom is -0.497 e. The number of amides is 1. The van der Waals surface area contributed by atoms with Gasteiger partial charge in [-0.25, -0.2) is 0 Å². The monoisotopic (exact) mass is 305 g/mol. The van der Waals surface area contributed by atoms with E-state index in [0.29, 0.717) is 5.56 Å². The summed E-state index contributed by atoms with van der Waals surface area (Å²) in [6, 6.07) is 13.0. The first-order valence-electron chi connectivity index (χ1n) is 5.35. The zero-order chi connectivity index (χ0) is 13.1. The Balaban J connectivity index is 2.52. The molecule has 0 heterocycles. The Kier molecular flexibility index (Phi) is 3.67. The van der Waals surface area contributed by atoms with Crippen molar-refractivity contribution < 1.29 is 9.53 Å². The van der Waals surface area contributed by atoms with Gasteiger partial charge < -0.3 is 10.5 Å². The summed E-state index contributed by atoms with van der Waals surface area (Å²) in [6.45, 7) is 0. The van der Waals surface area contributed by atoms with E-state index in [-0.39, 0.29) is 0 Å². The van der Waals surface area contributed by atoms with Crippen molar-refractivity contribution in [2.75, 3.05) is 7.11 Å². The summed E-state index contributed by atoms with van der Waals surface area (Å²) in [5.41, 5.74) is 7.66. The third-order valence-corrected chi connectivity index (χ3v) is 3.04. The Morgan fingerprint density at radius 3 is 2.61 bits per heavy atom. The highest BCUT2D eigenvalue weighted by atomic mass is 79.9. The number of benzene rings is 2. The van der Waals surface area contributed by atoms with Gasteiger partial charge in [-0.1, -0.05) is 28.1 Å². The van der Waals surface area contributed by atoms with Crippen molar-refractivity contribution in [3.63, 3.8) is 0 Å². The van der Waals surface area contributed by atoms with Gasteiger partial charge in [-0.3, -0.25) is 4.79 Å². The van der Waals surface area contributed by atoms with Crippen LogP contribution in [-0.4, -0.2) is 13.0 Å². The van der Waals surface area contributed by atoms with Crippen molar-refractivity contribution >= 4 is 21.8 Å². The molecule has 0 spiro atoms. The van der Waals surface area contributed by atoms with Crippen molar-refractivity contribution in [3.05, 3.63) is 52.5 Å². The molecule has 18 heavy (non-hydrogen) atoms. The molecule has 0 aliphatic rings. The van der Waals surface area contributed by atoms with Crippen LogP contribution in [-0.2, 0) is 0 Å². The third kappa shape index (κ3) is 2.71. The number of rotatable bonds is 3. The van der Waals surface area contributed by atoms with Crippen molar-refractivity contribution in [1.82, 2.24) is 0 Å². The van der Waals surface area contributed by atoms with Crippen LogP contribution in [0, 0.1) is 0 Å². The molecule has 0 bridgehead atoms. The second-order valence-corrected chi connectivity index (χ2v) is 4.74. The molecule has 1 amide bonds. The molecule has 0 fully saturated rings. The molecule has 4 heteroatoms. The van der Waals surface area contributed by atoms with Gasteiger partial charge in [-0.05, 0) is 41.5 Å². The standard InChI is InChI=1S/C14H12BrNO2/c1-18-13-4-2-3-9(8-13)10-5-11(14(16)17)7-12(15)6-10/h2-8H,1H3,(H2,16,17). The van der Waals surface area contributed by atoms with E-state index >= 15 is 0 Å². The van der Waals surface area contributed by atoms with E-state index in [2.05, 4.69) is 15.9 Å². The zero-order valence-corrected chi connectivity index (χ0v) is 11.4. The Bertz CT molecular complexity index is 596. The summed E-state index contributed by atoms with van der Waals surface area (Å²) in [5.74, 6) is 0.327. The molecule has 0 aliphatic heterocycles. The van der Waals surface area contributed by atoms with Crippen LogP contribution < -0.4 is 10.5 Å². The lowest BCUT2D eigenvalue weighted by Gasteiger charge is -2.07. The third-order valence-electron chi connectivity index (χ3n) is 2.59. The number of carbonyl (C=O) groups excluding carboxylic acids is 1.